The summed E-state index contributed by atoms with van der Waals surface area (Å²) in [4.78, 5) is 11.8. The summed E-state index contributed by atoms with van der Waals surface area (Å²) in [6, 6.07) is 6.09. The lowest BCUT2D eigenvalue weighted by Gasteiger charge is -2.07. The molecule has 0 unspecified atom stereocenters. The predicted molar refractivity (Wildman–Crippen MR) is 62.3 cm³/mol. The van der Waals surface area contributed by atoms with E-state index in [0.29, 0.717) is 11.4 Å². The molecule has 2 aromatic rings. The van der Waals surface area contributed by atoms with Crippen molar-refractivity contribution in [2.75, 3.05) is 7.11 Å². The van der Waals surface area contributed by atoms with Crippen molar-refractivity contribution in [1.82, 2.24) is 10.5 Å². The highest BCUT2D eigenvalue weighted by molar-refractivity contribution is 5.97. The Kier molecular flexibility index (Phi) is 3.47. The molecule has 1 amide bonds. The molecule has 6 heteroatoms. The SMILES string of the molecule is COc1ccc(O)c(C(=O)NCc2ccon2)c1. The molecule has 2 rings (SSSR count). The van der Waals surface area contributed by atoms with Gasteiger partial charge in [0.2, 0.25) is 0 Å². The third-order valence-electron chi connectivity index (χ3n) is 2.37. The summed E-state index contributed by atoms with van der Waals surface area (Å²) in [7, 11) is 1.49. The van der Waals surface area contributed by atoms with Gasteiger partial charge in [0.15, 0.2) is 0 Å². The molecule has 0 radical (unpaired) electrons. The number of ether oxygens (including phenoxy) is 1. The van der Waals surface area contributed by atoms with Crippen LogP contribution in [0.5, 0.6) is 11.5 Å². The Morgan fingerprint density at radius 2 is 2.33 bits per heavy atom. The van der Waals surface area contributed by atoms with Gasteiger partial charge >= 0.3 is 0 Å². The Morgan fingerprint density at radius 1 is 1.50 bits per heavy atom. The van der Waals surface area contributed by atoms with Gasteiger partial charge in [-0.2, -0.15) is 0 Å². The van der Waals surface area contributed by atoms with E-state index in [-0.39, 0.29) is 17.9 Å². The zero-order chi connectivity index (χ0) is 13.0. The van der Waals surface area contributed by atoms with Crippen LogP contribution in [0, 0.1) is 0 Å². The topological polar surface area (TPSA) is 84.6 Å². The highest BCUT2D eigenvalue weighted by atomic mass is 16.5. The number of hydrogen-bond acceptors (Lipinski definition) is 5. The molecule has 1 heterocycles. The fourth-order valence-corrected chi connectivity index (χ4v) is 1.42. The van der Waals surface area contributed by atoms with Gasteiger partial charge < -0.3 is 19.7 Å². The number of nitrogens with one attached hydrogen (secondary N) is 1. The first-order valence-electron chi connectivity index (χ1n) is 5.25. The number of nitrogens with zero attached hydrogens (tertiary/aromatic N) is 1. The minimum absolute atomic E-state index is 0.103. The van der Waals surface area contributed by atoms with Crippen LogP contribution in [0.25, 0.3) is 0 Å². The lowest BCUT2D eigenvalue weighted by Crippen LogP contribution is -2.23. The summed E-state index contributed by atoms with van der Waals surface area (Å²) in [5, 5.41) is 15.9. The van der Waals surface area contributed by atoms with E-state index in [0.717, 1.165) is 0 Å². The molecule has 0 saturated heterocycles. The number of phenols is 1. The molecule has 0 aliphatic rings. The fraction of sp³-hybridized carbons (Fsp3) is 0.167. The summed E-state index contributed by atoms with van der Waals surface area (Å²) >= 11 is 0. The number of benzene rings is 1. The van der Waals surface area contributed by atoms with E-state index >= 15 is 0 Å². The van der Waals surface area contributed by atoms with Crippen LogP contribution in [-0.2, 0) is 6.54 Å². The summed E-state index contributed by atoms with van der Waals surface area (Å²) in [5.41, 5.74) is 0.753. The molecule has 0 spiro atoms. The number of hydrogen-bond donors (Lipinski definition) is 2. The lowest BCUT2D eigenvalue weighted by molar-refractivity contribution is 0.0947. The van der Waals surface area contributed by atoms with Gasteiger partial charge in [-0.05, 0) is 18.2 Å². The number of rotatable bonds is 4. The zero-order valence-corrected chi connectivity index (χ0v) is 9.71. The van der Waals surface area contributed by atoms with Crippen molar-refractivity contribution in [3.8, 4) is 11.5 Å². The number of aromatic nitrogens is 1. The molecule has 0 aliphatic carbocycles. The molecule has 0 aliphatic heterocycles. The van der Waals surface area contributed by atoms with Crippen molar-refractivity contribution in [1.29, 1.82) is 0 Å². The maximum Gasteiger partial charge on any atom is 0.255 e. The van der Waals surface area contributed by atoms with Gasteiger partial charge in [0, 0.05) is 6.07 Å². The normalized spacial score (nSPS) is 10.1. The molecule has 2 N–H and O–H groups in total. The first-order chi connectivity index (χ1) is 8.70. The molecule has 18 heavy (non-hydrogen) atoms. The second-order valence-electron chi connectivity index (χ2n) is 3.56. The maximum atomic E-state index is 11.8. The first-order valence-corrected chi connectivity index (χ1v) is 5.25. The molecule has 1 aromatic carbocycles. The highest BCUT2D eigenvalue weighted by Crippen LogP contribution is 2.22. The number of phenolic OH excluding ortho intramolecular Hbond substituents is 1. The van der Waals surface area contributed by atoms with Crippen molar-refractivity contribution >= 4 is 5.91 Å². The standard InChI is InChI=1S/C12H12N2O4/c1-17-9-2-3-11(15)10(6-9)12(16)13-7-8-4-5-18-14-8/h2-6,15H,7H2,1H3,(H,13,16). The van der Waals surface area contributed by atoms with E-state index in [1.807, 2.05) is 0 Å². The molecule has 0 bridgehead atoms. The van der Waals surface area contributed by atoms with Crippen molar-refractivity contribution < 1.29 is 19.2 Å². The van der Waals surface area contributed by atoms with Gasteiger partial charge in [0.1, 0.15) is 23.5 Å². The highest BCUT2D eigenvalue weighted by Gasteiger charge is 2.12. The van der Waals surface area contributed by atoms with Gasteiger partial charge in [0.05, 0.1) is 19.2 Å². The van der Waals surface area contributed by atoms with E-state index in [1.165, 1.54) is 25.5 Å². The maximum absolute atomic E-state index is 11.8. The minimum atomic E-state index is -0.408. The number of carbonyl (C=O) groups excluding carboxylic acids is 1. The Balaban J connectivity index is 2.08. The summed E-state index contributed by atoms with van der Waals surface area (Å²) in [6.45, 7) is 0.228. The summed E-state index contributed by atoms with van der Waals surface area (Å²) in [5.74, 6) is -0.0118. The largest absolute Gasteiger partial charge is 0.507 e. The molecule has 0 saturated carbocycles. The van der Waals surface area contributed by atoms with Gasteiger partial charge in [0.25, 0.3) is 5.91 Å². The van der Waals surface area contributed by atoms with Crippen molar-refractivity contribution in [3.63, 3.8) is 0 Å². The Bertz CT molecular complexity index is 537. The summed E-state index contributed by atoms with van der Waals surface area (Å²) < 4.78 is 9.63. The van der Waals surface area contributed by atoms with E-state index in [2.05, 4.69) is 15.0 Å². The number of aromatic hydroxyl groups is 1. The molecule has 0 atom stereocenters. The second-order valence-corrected chi connectivity index (χ2v) is 3.56. The van der Waals surface area contributed by atoms with Crippen molar-refractivity contribution in [3.05, 3.63) is 41.8 Å². The number of amides is 1. The van der Waals surface area contributed by atoms with Gasteiger partial charge in [-0.25, -0.2) is 0 Å². The van der Waals surface area contributed by atoms with Gasteiger partial charge in [-0.1, -0.05) is 5.16 Å². The number of methoxy groups -OCH3 is 1. The smallest absolute Gasteiger partial charge is 0.255 e. The van der Waals surface area contributed by atoms with Crippen LogP contribution in [-0.4, -0.2) is 23.3 Å². The van der Waals surface area contributed by atoms with E-state index in [4.69, 9.17) is 4.74 Å². The fourth-order valence-electron chi connectivity index (χ4n) is 1.42. The van der Waals surface area contributed by atoms with E-state index < -0.39 is 5.91 Å². The van der Waals surface area contributed by atoms with Crippen LogP contribution in [0.2, 0.25) is 0 Å². The monoisotopic (exact) mass is 248 g/mol. The van der Waals surface area contributed by atoms with Crippen LogP contribution in [0.15, 0.2) is 35.1 Å². The summed E-state index contributed by atoms with van der Waals surface area (Å²) in [6.07, 6.45) is 1.42. The zero-order valence-electron chi connectivity index (χ0n) is 9.71. The molecular weight excluding hydrogens is 236 g/mol. The number of carbonyl (C=O) groups is 1. The average molecular weight is 248 g/mol. The molecule has 94 valence electrons. The third kappa shape index (κ3) is 2.60. The second kappa shape index (κ2) is 5.22. The van der Waals surface area contributed by atoms with Crippen LogP contribution in [0.4, 0.5) is 0 Å². The Morgan fingerprint density at radius 3 is 3.00 bits per heavy atom. The molecule has 0 fully saturated rings. The van der Waals surface area contributed by atoms with Gasteiger partial charge in [-0.15, -0.1) is 0 Å². The molecular formula is C12H12N2O4. The van der Waals surface area contributed by atoms with E-state index in [9.17, 15) is 9.90 Å². The lowest BCUT2D eigenvalue weighted by atomic mass is 10.1. The van der Waals surface area contributed by atoms with E-state index in [1.54, 1.807) is 12.1 Å². The van der Waals surface area contributed by atoms with Crippen molar-refractivity contribution in [2.24, 2.45) is 0 Å². The molecule has 1 aromatic heterocycles. The predicted octanol–water partition coefficient (Wildman–Crippen LogP) is 1.32. The minimum Gasteiger partial charge on any atom is -0.507 e. The Hall–Kier alpha value is -2.50. The van der Waals surface area contributed by atoms with Crippen molar-refractivity contribution in [2.45, 2.75) is 6.54 Å². The molecule has 6 nitrogen and oxygen atoms in total. The van der Waals surface area contributed by atoms with Gasteiger partial charge in [-0.3, -0.25) is 4.79 Å². The third-order valence-corrected chi connectivity index (χ3v) is 2.37. The van der Waals surface area contributed by atoms with Crippen LogP contribution >= 0.6 is 0 Å². The first kappa shape index (κ1) is 12.0. The van der Waals surface area contributed by atoms with Crippen LogP contribution < -0.4 is 10.1 Å². The quantitative estimate of drug-likeness (QED) is 0.852. The van der Waals surface area contributed by atoms with Crippen LogP contribution in [0.1, 0.15) is 16.1 Å². The Labute approximate surface area is 103 Å². The average Bonchev–Trinajstić information content (AvgIpc) is 2.89. The van der Waals surface area contributed by atoms with Crippen LogP contribution in [0.3, 0.4) is 0 Å².